The van der Waals surface area contributed by atoms with Crippen molar-refractivity contribution in [1.82, 2.24) is 5.32 Å². The molecule has 0 aromatic heterocycles. The molecule has 0 bridgehead atoms. The molecule has 1 unspecified atom stereocenters. The summed E-state index contributed by atoms with van der Waals surface area (Å²) in [5.41, 5.74) is 1.12. The predicted octanol–water partition coefficient (Wildman–Crippen LogP) is 1.41. The summed E-state index contributed by atoms with van der Waals surface area (Å²) in [7, 11) is 0. The minimum atomic E-state index is -0.0103. The van der Waals surface area contributed by atoms with Crippen molar-refractivity contribution < 1.29 is 4.79 Å². The van der Waals surface area contributed by atoms with Crippen LogP contribution in [-0.4, -0.2) is 5.91 Å². The molecule has 1 aliphatic rings. The molecule has 12 heavy (non-hydrogen) atoms. The van der Waals surface area contributed by atoms with Crippen LogP contribution in [0.2, 0.25) is 0 Å². The van der Waals surface area contributed by atoms with Crippen molar-refractivity contribution in [3.63, 3.8) is 0 Å². The molecular weight excluding hydrogens is 150 g/mol. The molecule has 0 radical (unpaired) electrons. The number of nitrogens with one attached hydrogen (secondary N) is 1. The third kappa shape index (κ3) is 1.23. The second kappa shape index (κ2) is 2.81. The number of hydrogen-bond acceptors (Lipinski definition) is 1. The fourth-order valence-corrected chi connectivity index (χ4v) is 1.29. The van der Waals surface area contributed by atoms with Crippen molar-refractivity contribution in [3.05, 3.63) is 48.0 Å². The third-order valence-corrected chi connectivity index (χ3v) is 1.90. The molecular formula is C10H9NO. The Balaban J connectivity index is 2.23. The van der Waals surface area contributed by atoms with Gasteiger partial charge in [0.25, 0.3) is 0 Å². The number of carbonyl (C=O) groups is 1. The molecule has 0 saturated heterocycles. The van der Waals surface area contributed by atoms with Gasteiger partial charge < -0.3 is 5.32 Å². The fourth-order valence-electron chi connectivity index (χ4n) is 1.29. The highest BCUT2D eigenvalue weighted by Gasteiger charge is 2.14. The average molecular weight is 159 g/mol. The first-order chi connectivity index (χ1) is 5.86. The van der Waals surface area contributed by atoms with Gasteiger partial charge in [0.15, 0.2) is 0 Å². The highest BCUT2D eigenvalue weighted by molar-refractivity contribution is 5.90. The van der Waals surface area contributed by atoms with Crippen molar-refractivity contribution in [2.75, 3.05) is 0 Å². The summed E-state index contributed by atoms with van der Waals surface area (Å²) in [5, 5.41) is 2.82. The smallest absolute Gasteiger partial charge is 0.244 e. The number of hydrogen-bond donors (Lipinski definition) is 1. The van der Waals surface area contributed by atoms with Gasteiger partial charge in [-0.3, -0.25) is 4.79 Å². The minimum absolute atomic E-state index is 0.0103. The lowest BCUT2D eigenvalue weighted by Crippen LogP contribution is -2.19. The van der Waals surface area contributed by atoms with E-state index in [1.807, 2.05) is 36.4 Å². The molecule has 1 heterocycles. The second-order valence-electron chi connectivity index (χ2n) is 2.76. The summed E-state index contributed by atoms with van der Waals surface area (Å²) in [6.45, 7) is 0. The Morgan fingerprint density at radius 2 is 1.92 bits per heavy atom. The van der Waals surface area contributed by atoms with Crippen LogP contribution >= 0.6 is 0 Å². The Hall–Kier alpha value is -1.57. The van der Waals surface area contributed by atoms with Crippen LogP contribution in [0.15, 0.2) is 42.5 Å². The SMILES string of the molecule is O=C1C=CC(c2ccccc2)N1. The summed E-state index contributed by atoms with van der Waals surface area (Å²) < 4.78 is 0. The van der Waals surface area contributed by atoms with E-state index in [1.165, 1.54) is 0 Å². The summed E-state index contributed by atoms with van der Waals surface area (Å²) >= 11 is 0. The van der Waals surface area contributed by atoms with Gasteiger partial charge in [-0.05, 0) is 5.56 Å². The largest absolute Gasteiger partial charge is 0.342 e. The van der Waals surface area contributed by atoms with Gasteiger partial charge in [-0.1, -0.05) is 36.4 Å². The van der Waals surface area contributed by atoms with Crippen molar-refractivity contribution in [1.29, 1.82) is 0 Å². The van der Waals surface area contributed by atoms with Crippen LogP contribution < -0.4 is 5.32 Å². The monoisotopic (exact) mass is 159 g/mol. The molecule has 2 heteroatoms. The van der Waals surface area contributed by atoms with E-state index in [-0.39, 0.29) is 11.9 Å². The van der Waals surface area contributed by atoms with Crippen LogP contribution in [0.1, 0.15) is 11.6 Å². The van der Waals surface area contributed by atoms with E-state index >= 15 is 0 Å². The van der Waals surface area contributed by atoms with Crippen molar-refractivity contribution in [2.24, 2.45) is 0 Å². The zero-order valence-corrected chi connectivity index (χ0v) is 6.53. The van der Waals surface area contributed by atoms with E-state index in [1.54, 1.807) is 6.08 Å². The number of rotatable bonds is 1. The van der Waals surface area contributed by atoms with Gasteiger partial charge in [-0.15, -0.1) is 0 Å². The molecule has 1 aliphatic heterocycles. The number of carbonyl (C=O) groups excluding carboxylic acids is 1. The molecule has 0 saturated carbocycles. The van der Waals surface area contributed by atoms with Gasteiger partial charge in [0.1, 0.15) is 0 Å². The molecule has 2 rings (SSSR count). The molecule has 1 aromatic rings. The Morgan fingerprint density at radius 1 is 1.17 bits per heavy atom. The molecule has 0 aliphatic carbocycles. The van der Waals surface area contributed by atoms with Crippen LogP contribution in [0, 0.1) is 0 Å². The zero-order valence-electron chi connectivity index (χ0n) is 6.53. The first-order valence-corrected chi connectivity index (χ1v) is 3.90. The minimum Gasteiger partial charge on any atom is -0.342 e. The Bertz CT molecular complexity index is 316. The molecule has 1 aromatic carbocycles. The lowest BCUT2D eigenvalue weighted by molar-refractivity contribution is -0.116. The molecule has 1 amide bonds. The van der Waals surface area contributed by atoms with Gasteiger partial charge in [-0.2, -0.15) is 0 Å². The van der Waals surface area contributed by atoms with Crippen molar-refractivity contribution in [2.45, 2.75) is 6.04 Å². The maximum atomic E-state index is 10.8. The topological polar surface area (TPSA) is 29.1 Å². The van der Waals surface area contributed by atoms with Crippen molar-refractivity contribution in [3.8, 4) is 0 Å². The first-order valence-electron chi connectivity index (χ1n) is 3.90. The van der Waals surface area contributed by atoms with Crippen LogP contribution in [0.5, 0.6) is 0 Å². The molecule has 0 fully saturated rings. The second-order valence-corrected chi connectivity index (χ2v) is 2.76. The van der Waals surface area contributed by atoms with Crippen LogP contribution in [0.3, 0.4) is 0 Å². The maximum Gasteiger partial charge on any atom is 0.244 e. The van der Waals surface area contributed by atoms with Gasteiger partial charge in [-0.25, -0.2) is 0 Å². The van der Waals surface area contributed by atoms with Crippen LogP contribution in [0.4, 0.5) is 0 Å². The average Bonchev–Trinajstić information content (AvgIpc) is 2.54. The lowest BCUT2D eigenvalue weighted by atomic mass is 10.1. The Kier molecular flexibility index (Phi) is 1.67. The summed E-state index contributed by atoms with van der Waals surface area (Å²) in [5.74, 6) is -0.0103. The normalized spacial score (nSPS) is 21.0. The van der Waals surface area contributed by atoms with Gasteiger partial charge in [0.2, 0.25) is 5.91 Å². The lowest BCUT2D eigenvalue weighted by Gasteiger charge is -2.07. The van der Waals surface area contributed by atoms with Gasteiger partial charge >= 0.3 is 0 Å². The number of amides is 1. The van der Waals surface area contributed by atoms with Crippen LogP contribution in [-0.2, 0) is 4.79 Å². The van der Waals surface area contributed by atoms with E-state index in [2.05, 4.69) is 5.32 Å². The van der Waals surface area contributed by atoms with E-state index < -0.39 is 0 Å². The van der Waals surface area contributed by atoms with E-state index in [0.29, 0.717) is 0 Å². The molecule has 60 valence electrons. The van der Waals surface area contributed by atoms with Crippen molar-refractivity contribution >= 4 is 5.91 Å². The zero-order chi connectivity index (χ0) is 8.39. The van der Waals surface area contributed by atoms with Crippen LogP contribution in [0.25, 0.3) is 0 Å². The van der Waals surface area contributed by atoms with Gasteiger partial charge in [0, 0.05) is 6.08 Å². The molecule has 0 spiro atoms. The van der Waals surface area contributed by atoms with Gasteiger partial charge in [0.05, 0.1) is 6.04 Å². The van der Waals surface area contributed by atoms with E-state index in [9.17, 15) is 4.79 Å². The molecule has 1 atom stereocenters. The Morgan fingerprint density at radius 3 is 2.50 bits per heavy atom. The summed E-state index contributed by atoms with van der Waals surface area (Å²) in [6.07, 6.45) is 3.44. The van der Waals surface area contributed by atoms with E-state index in [4.69, 9.17) is 0 Å². The summed E-state index contributed by atoms with van der Waals surface area (Å²) in [6, 6.07) is 9.96. The fraction of sp³-hybridized carbons (Fsp3) is 0.100. The maximum absolute atomic E-state index is 10.8. The number of benzene rings is 1. The quantitative estimate of drug-likeness (QED) is 0.659. The predicted molar refractivity (Wildman–Crippen MR) is 46.5 cm³/mol. The highest BCUT2D eigenvalue weighted by atomic mass is 16.1. The molecule has 1 N–H and O–H groups in total. The summed E-state index contributed by atoms with van der Waals surface area (Å²) in [4.78, 5) is 10.8. The standard InChI is InChI=1S/C10H9NO/c12-10-7-6-9(11-10)8-4-2-1-3-5-8/h1-7,9H,(H,11,12). The third-order valence-electron chi connectivity index (χ3n) is 1.90. The van der Waals surface area contributed by atoms with E-state index in [0.717, 1.165) is 5.56 Å². The first kappa shape index (κ1) is 7.10. The highest BCUT2D eigenvalue weighted by Crippen LogP contribution is 2.16. The molecule has 2 nitrogen and oxygen atoms in total. The Labute approximate surface area is 70.9 Å².